The van der Waals surface area contributed by atoms with Crippen molar-refractivity contribution in [1.82, 2.24) is 10.2 Å². The summed E-state index contributed by atoms with van der Waals surface area (Å²) in [6, 6.07) is 0. The van der Waals surface area contributed by atoms with Crippen molar-refractivity contribution < 1.29 is 10.2 Å². The van der Waals surface area contributed by atoms with Crippen LogP contribution in [0.1, 0.15) is 62.6 Å². The largest absolute Gasteiger partial charge is 0.396 e. The highest BCUT2D eigenvalue weighted by molar-refractivity contribution is 5.30. The van der Waals surface area contributed by atoms with E-state index in [1.54, 1.807) is 0 Å². The highest BCUT2D eigenvalue weighted by atomic mass is 16.3. The molecule has 1 aromatic heterocycles. The smallest absolute Gasteiger partial charge is 0.0522 e. The summed E-state index contributed by atoms with van der Waals surface area (Å²) >= 11 is 0. The van der Waals surface area contributed by atoms with E-state index in [0.717, 1.165) is 12.8 Å². The second kappa shape index (κ2) is 5.89. The van der Waals surface area contributed by atoms with Crippen LogP contribution in [0, 0.1) is 29.1 Å². The molecular formula is C19H30N2O2. The van der Waals surface area contributed by atoms with E-state index in [-0.39, 0.29) is 12.0 Å². The third-order valence-electron chi connectivity index (χ3n) is 7.68. The molecule has 2 fully saturated rings. The van der Waals surface area contributed by atoms with Gasteiger partial charge in [0.1, 0.15) is 0 Å². The molecule has 0 aromatic carbocycles. The first kappa shape index (κ1) is 15.6. The molecule has 6 atom stereocenters. The van der Waals surface area contributed by atoms with Gasteiger partial charge in [-0.1, -0.05) is 19.8 Å². The normalized spacial score (nSPS) is 43.2. The van der Waals surface area contributed by atoms with Crippen molar-refractivity contribution in [3.8, 4) is 0 Å². The zero-order valence-electron chi connectivity index (χ0n) is 14.2. The van der Waals surface area contributed by atoms with Crippen molar-refractivity contribution in [2.75, 3.05) is 13.2 Å². The molecule has 0 saturated heterocycles. The number of aromatic nitrogens is 2. The van der Waals surface area contributed by atoms with Crippen LogP contribution in [0.25, 0.3) is 0 Å². The highest BCUT2D eigenvalue weighted by Crippen LogP contribution is 2.58. The fourth-order valence-electron chi connectivity index (χ4n) is 6.39. The predicted octanol–water partition coefficient (Wildman–Crippen LogP) is 2.87. The Morgan fingerprint density at radius 3 is 2.87 bits per heavy atom. The van der Waals surface area contributed by atoms with E-state index in [4.69, 9.17) is 0 Å². The number of aromatic amines is 1. The van der Waals surface area contributed by atoms with Crippen LogP contribution >= 0.6 is 0 Å². The minimum Gasteiger partial charge on any atom is -0.396 e. The number of fused-ring (bicyclic) bond motifs is 3. The molecule has 0 radical (unpaired) electrons. The molecule has 0 bridgehead atoms. The number of hydrogen-bond acceptors (Lipinski definition) is 3. The summed E-state index contributed by atoms with van der Waals surface area (Å²) in [5.41, 5.74) is 2.89. The molecule has 4 nitrogen and oxygen atoms in total. The van der Waals surface area contributed by atoms with E-state index in [1.165, 1.54) is 43.4 Å². The molecule has 1 aromatic rings. The molecule has 0 aliphatic heterocycles. The van der Waals surface area contributed by atoms with E-state index < -0.39 is 0 Å². The average Bonchev–Trinajstić information content (AvgIpc) is 3.15. The monoisotopic (exact) mass is 318 g/mol. The quantitative estimate of drug-likeness (QED) is 0.802. The number of rotatable bonds is 3. The fraction of sp³-hybridized carbons (Fsp3) is 0.842. The molecule has 0 amide bonds. The maximum absolute atomic E-state index is 10.2. The van der Waals surface area contributed by atoms with Crippen molar-refractivity contribution >= 4 is 0 Å². The van der Waals surface area contributed by atoms with Gasteiger partial charge in [-0.15, -0.1) is 0 Å². The zero-order chi connectivity index (χ0) is 16.0. The third kappa shape index (κ3) is 2.29. The van der Waals surface area contributed by atoms with Crippen LogP contribution < -0.4 is 0 Å². The van der Waals surface area contributed by atoms with Crippen LogP contribution in [0.15, 0.2) is 6.20 Å². The zero-order valence-corrected chi connectivity index (χ0v) is 14.2. The lowest BCUT2D eigenvalue weighted by Gasteiger charge is -2.53. The van der Waals surface area contributed by atoms with Gasteiger partial charge < -0.3 is 10.2 Å². The Balaban J connectivity index is 1.62. The Kier molecular flexibility index (Phi) is 4.01. The van der Waals surface area contributed by atoms with Gasteiger partial charge in [0.25, 0.3) is 0 Å². The molecule has 4 heteroatoms. The van der Waals surface area contributed by atoms with Crippen LogP contribution in [-0.2, 0) is 6.42 Å². The maximum atomic E-state index is 10.2. The Labute approximate surface area is 138 Å². The lowest BCUT2D eigenvalue weighted by Crippen LogP contribution is -2.48. The van der Waals surface area contributed by atoms with E-state index in [2.05, 4.69) is 17.1 Å². The maximum Gasteiger partial charge on any atom is 0.0522 e. The number of nitrogens with zero attached hydrogens (tertiary/aromatic N) is 1. The van der Waals surface area contributed by atoms with E-state index in [0.29, 0.717) is 36.2 Å². The Morgan fingerprint density at radius 1 is 1.22 bits per heavy atom. The fourth-order valence-corrected chi connectivity index (χ4v) is 6.39. The van der Waals surface area contributed by atoms with Crippen LogP contribution in [0.4, 0.5) is 0 Å². The lowest BCUT2D eigenvalue weighted by atomic mass is 9.52. The van der Waals surface area contributed by atoms with Gasteiger partial charge in [0.2, 0.25) is 0 Å². The van der Waals surface area contributed by atoms with Gasteiger partial charge in [-0.25, -0.2) is 0 Å². The van der Waals surface area contributed by atoms with Crippen molar-refractivity contribution in [1.29, 1.82) is 0 Å². The number of hydrogen-bond donors (Lipinski definition) is 3. The minimum absolute atomic E-state index is 0.194. The van der Waals surface area contributed by atoms with Crippen molar-refractivity contribution in [3.05, 3.63) is 17.5 Å². The Hall–Kier alpha value is -0.870. The summed E-state index contributed by atoms with van der Waals surface area (Å²) in [4.78, 5) is 0. The summed E-state index contributed by atoms with van der Waals surface area (Å²) in [5.74, 6) is 2.43. The molecule has 4 rings (SSSR count). The number of aliphatic hydroxyl groups is 2. The van der Waals surface area contributed by atoms with E-state index in [9.17, 15) is 10.2 Å². The van der Waals surface area contributed by atoms with Gasteiger partial charge in [0.15, 0.2) is 0 Å². The predicted molar refractivity (Wildman–Crippen MR) is 89.0 cm³/mol. The molecule has 3 N–H and O–H groups in total. The summed E-state index contributed by atoms with van der Waals surface area (Å²) in [6.45, 7) is 3.00. The highest BCUT2D eigenvalue weighted by Gasteiger charge is 2.52. The number of H-pyrrole nitrogens is 1. The third-order valence-corrected chi connectivity index (χ3v) is 7.68. The molecular weight excluding hydrogens is 288 g/mol. The average molecular weight is 318 g/mol. The lowest BCUT2D eigenvalue weighted by molar-refractivity contribution is -0.0664. The minimum atomic E-state index is 0.194. The Bertz CT molecular complexity index is 557. The van der Waals surface area contributed by atoms with Crippen LogP contribution in [-0.4, -0.2) is 33.6 Å². The summed E-state index contributed by atoms with van der Waals surface area (Å²) in [5, 5.41) is 27.6. The van der Waals surface area contributed by atoms with Gasteiger partial charge in [-0.05, 0) is 66.8 Å². The van der Waals surface area contributed by atoms with E-state index in [1.807, 2.05) is 6.20 Å². The molecule has 128 valence electrons. The van der Waals surface area contributed by atoms with Crippen molar-refractivity contribution in [2.45, 2.75) is 57.8 Å². The molecule has 3 aliphatic rings. The first-order valence-electron chi connectivity index (χ1n) is 9.43. The first-order valence-corrected chi connectivity index (χ1v) is 9.43. The summed E-state index contributed by atoms with van der Waals surface area (Å²) in [7, 11) is 0. The molecule has 23 heavy (non-hydrogen) atoms. The SMILES string of the molecule is C[C@]1(C2CCC3c4[nH]ncc4CC3C2CO)CCCCC1CO. The second-order valence-electron chi connectivity index (χ2n) is 8.44. The molecule has 5 unspecified atom stereocenters. The Morgan fingerprint density at radius 2 is 2.09 bits per heavy atom. The molecule has 0 spiro atoms. The van der Waals surface area contributed by atoms with Crippen molar-refractivity contribution in [2.24, 2.45) is 29.1 Å². The van der Waals surface area contributed by atoms with E-state index >= 15 is 0 Å². The molecule has 1 heterocycles. The summed E-state index contributed by atoms with van der Waals surface area (Å²) in [6.07, 6.45) is 10.3. The number of nitrogens with one attached hydrogen (secondary N) is 1. The van der Waals surface area contributed by atoms with Crippen molar-refractivity contribution in [3.63, 3.8) is 0 Å². The van der Waals surface area contributed by atoms with Gasteiger partial charge in [-0.2, -0.15) is 5.10 Å². The standard InChI is InChI=1S/C19H30N2O2/c1-19(7-3-2-4-13(19)10-22)17-6-5-14-15(16(17)11-23)8-12-9-20-21-18(12)14/h9,13-17,22-23H,2-8,10-11H2,1H3,(H,20,21)/t13?,14?,15?,16?,17?,19-/m0/s1. The topological polar surface area (TPSA) is 69.1 Å². The number of aliphatic hydroxyl groups excluding tert-OH is 2. The van der Waals surface area contributed by atoms with Crippen LogP contribution in [0.5, 0.6) is 0 Å². The summed E-state index contributed by atoms with van der Waals surface area (Å²) < 4.78 is 0. The van der Waals surface area contributed by atoms with Gasteiger partial charge in [0, 0.05) is 24.8 Å². The molecule has 2 saturated carbocycles. The second-order valence-corrected chi connectivity index (χ2v) is 8.44. The van der Waals surface area contributed by atoms with Crippen LogP contribution in [0.3, 0.4) is 0 Å². The van der Waals surface area contributed by atoms with Crippen LogP contribution in [0.2, 0.25) is 0 Å². The molecule has 3 aliphatic carbocycles. The first-order chi connectivity index (χ1) is 11.2. The van der Waals surface area contributed by atoms with Gasteiger partial charge >= 0.3 is 0 Å². The van der Waals surface area contributed by atoms with Gasteiger partial charge in [0.05, 0.1) is 6.20 Å². The van der Waals surface area contributed by atoms with Gasteiger partial charge in [-0.3, -0.25) is 5.10 Å².